The van der Waals surface area contributed by atoms with Gasteiger partial charge in [0, 0.05) is 3.57 Å². The Labute approximate surface area is 129 Å². The van der Waals surface area contributed by atoms with Crippen molar-refractivity contribution in [2.45, 2.75) is 51.9 Å². The van der Waals surface area contributed by atoms with Crippen LogP contribution in [-0.4, -0.2) is 11.1 Å². The second-order valence-electron chi connectivity index (χ2n) is 5.16. The Morgan fingerprint density at radius 3 is 2.53 bits per heavy atom. The first-order valence-corrected chi connectivity index (χ1v) is 8.13. The van der Waals surface area contributed by atoms with Gasteiger partial charge in [0.25, 0.3) is 0 Å². The zero-order valence-electron chi connectivity index (χ0n) is 11.7. The molecule has 0 fully saturated rings. The van der Waals surface area contributed by atoms with E-state index in [4.69, 9.17) is 0 Å². The summed E-state index contributed by atoms with van der Waals surface area (Å²) in [5, 5.41) is 9.52. The average Bonchev–Trinajstić information content (AvgIpc) is 2.37. The van der Waals surface area contributed by atoms with Crippen molar-refractivity contribution < 1.29 is 9.90 Å². The lowest BCUT2D eigenvalue weighted by atomic mass is 9.84. The Balaban J connectivity index is 2.72. The maximum Gasteiger partial charge on any atom is 0.311 e. The average molecular weight is 374 g/mol. The number of benzene rings is 1. The molecule has 0 spiro atoms. The number of carboxylic acid groups (broad SMARTS) is 1. The minimum atomic E-state index is -0.702. The third-order valence-corrected chi connectivity index (χ3v) is 4.57. The Morgan fingerprint density at radius 1 is 1.26 bits per heavy atom. The normalized spacial score (nSPS) is 14.1. The number of hydrogen-bond acceptors (Lipinski definition) is 1. The Morgan fingerprint density at radius 2 is 1.95 bits per heavy atom. The zero-order valence-corrected chi connectivity index (χ0v) is 13.9. The molecule has 0 aliphatic rings. The quantitative estimate of drug-likeness (QED) is 0.510. The third-order valence-electron chi connectivity index (χ3n) is 3.59. The molecule has 1 aromatic carbocycles. The lowest BCUT2D eigenvalue weighted by Gasteiger charge is -2.21. The summed E-state index contributed by atoms with van der Waals surface area (Å²) in [5.41, 5.74) is 0.957. The monoisotopic (exact) mass is 374 g/mol. The van der Waals surface area contributed by atoms with Crippen molar-refractivity contribution in [1.82, 2.24) is 0 Å². The third kappa shape index (κ3) is 5.13. The number of hydrogen-bond donors (Lipinski definition) is 1. The molecule has 2 unspecified atom stereocenters. The second-order valence-corrected chi connectivity index (χ2v) is 6.33. The molecule has 0 aliphatic heterocycles. The summed E-state index contributed by atoms with van der Waals surface area (Å²) in [5.74, 6) is -0.896. The van der Waals surface area contributed by atoms with Crippen LogP contribution in [0.4, 0.5) is 0 Å². The molecule has 19 heavy (non-hydrogen) atoms. The van der Waals surface area contributed by atoms with Crippen LogP contribution < -0.4 is 0 Å². The van der Waals surface area contributed by atoms with Gasteiger partial charge in [0.2, 0.25) is 0 Å². The highest BCUT2D eigenvalue weighted by atomic mass is 127. The summed E-state index contributed by atoms with van der Waals surface area (Å²) in [6, 6.07) is 7.81. The van der Waals surface area contributed by atoms with E-state index in [0.717, 1.165) is 22.0 Å². The SMILES string of the molecule is CCCCCCC(C)C(C(=O)O)c1ccccc1I. The summed E-state index contributed by atoms with van der Waals surface area (Å²) in [6.07, 6.45) is 5.78. The van der Waals surface area contributed by atoms with E-state index in [9.17, 15) is 9.90 Å². The van der Waals surface area contributed by atoms with E-state index in [0.29, 0.717) is 0 Å². The van der Waals surface area contributed by atoms with E-state index < -0.39 is 5.97 Å². The molecule has 0 saturated carbocycles. The van der Waals surface area contributed by atoms with Gasteiger partial charge in [-0.1, -0.05) is 57.7 Å². The first-order valence-electron chi connectivity index (χ1n) is 7.05. The fraction of sp³-hybridized carbons (Fsp3) is 0.562. The largest absolute Gasteiger partial charge is 0.481 e. The van der Waals surface area contributed by atoms with Crippen LogP contribution in [0.3, 0.4) is 0 Å². The van der Waals surface area contributed by atoms with Crippen LogP contribution in [0, 0.1) is 9.49 Å². The molecule has 0 saturated heterocycles. The van der Waals surface area contributed by atoms with Gasteiger partial charge in [0.05, 0.1) is 5.92 Å². The first kappa shape index (κ1) is 16.5. The second kappa shape index (κ2) is 8.56. The van der Waals surface area contributed by atoms with Gasteiger partial charge < -0.3 is 5.11 Å². The fourth-order valence-electron chi connectivity index (χ4n) is 2.47. The summed E-state index contributed by atoms with van der Waals surface area (Å²) in [7, 11) is 0. The number of rotatable bonds is 8. The number of unbranched alkanes of at least 4 members (excludes halogenated alkanes) is 3. The van der Waals surface area contributed by atoms with Gasteiger partial charge in [0.1, 0.15) is 0 Å². The molecule has 2 atom stereocenters. The summed E-state index contributed by atoms with van der Waals surface area (Å²) < 4.78 is 1.05. The van der Waals surface area contributed by atoms with Gasteiger partial charge in [-0.2, -0.15) is 0 Å². The van der Waals surface area contributed by atoms with Gasteiger partial charge in [-0.15, -0.1) is 0 Å². The highest BCUT2D eigenvalue weighted by molar-refractivity contribution is 14.1. The molecule has 2 nitrogen and oxygen atoms in total. The van der Waals surface area contributed by atoms with Crippen molar-refractivity contribution in [2.75, 3.05) is 0 Å². The van der Waals surface area contributed by atoms with Crippen molar-refractivity contribution in [3.05, 3.63) is 33.4 Å². The van der Waals surface area contributed by atoms with Gasteiger partial charge in [-0.05, 0) is 46.6 Å². The van der Waals surface area contributed by atoms with Gasteiger partial charge in [-0.25, -0.2) is 0 Å². The Kier molecular flexibility index (Phi) is 7.42. The highest BCUT2D eigenvalue weighted by Gasteiger charge is 2.27. The van der Waals surface area contributed by atoms with Gasteiger partial charge in [-0.3, -0.25) is 4.79 Å². The molecule has 1 rings (SSSR count). The van der Waals surface area contributed by atoms with E-state index in [1.165, 1.54) is 19.3 Å². The van der Waals surface area contributed by atoms with Gasteiger partial charge in [0.15, 0.2) is 0 Å². The number of carboxylic acids is 1. The molecular formula is C16H23IO2. The molecule has 3 heteroatoms. The van der Waals surface area contributed by atoms with Crippen LogP contribution in [0.2, 0.25) is 0 Å². The topological polar surface area (TPSA) is 37.3 Å². The summed E-state index contributed by atoms with van der Waals surface area (Å²) in [4.78, 5) is 11.6. The lowest BCUT2D eigenvalue weighted by Crippen LogP contribution is -2.20. The minimum Gasteiger partial charge on any atom is -0.481 e. The molecule has 1 N–H and O–H groups in total. The minimum absolute atomic E-state index is 0.185. The van der Waals surface area contributed by atoms with E-state index in [1.807, 2.05) is 24.3 Å². The summed E-state index contributed by atoms with van der Waals surface area (Å²) in [6.45, 7) is 4.25. The van der Waals surface area contributed by atoms with E-state index in [2.05, 4.69) is 36.4 Å². The molecule has 0 aliphatic carbocycles. The van der Waals surface area contributed by atoms with E-state index in [1.54, 1.807) is 0 Å². The first-order chi connectivity index (χ1) is 9.07. The number of aliphatic carboxylic acids is 1. The molecule has 0 radical (unpaired) electrons. The maximum absolute atomic E-state index is 11.6. The van der Waals surface area contributed by atoms with Crippen molar-refractivity contribution in [1.29, 1.82) is 0 Å². The lowest BCUT2D eigenvalue weighted by molar-refractivity contribution is -0.140. The van der Waals surface area contributed by atoms with Gasteiger partial charge >= 0.3 is 5.97 Å². The Hall–Kier alpha value is -0.580. The number of carbonyl (C=O) groups is 1. The molecule has 1 aromatic rings. The fourth-order valence-corrected chi connectivity index (χ4v) is 3.19. The van der Waals surface area contributed by atoms with Crippen LogP contribution in [-0.2, 0) is 4.79 Å². The Bertz CT molecular complexity index is 403. The zero-order chi connectivity index (χ0) is 14.3. The number of halogens is 1. The van der Waals surface area contributed by atoms with Crippen LogP contribution in [0.1, 0.15) is 57.4 Å². The van der Waals surface area contributed by atoms with Crippen molar-refractivity contribution in [2.24, 2.45) is 5.92 Å². The smallest absolute Gasteiger partial charge is 0.311 e. The van der Waals surface area contributed by atoms with Crippen molar-refractivity contribution in [3.63, 3.8) is 0 Å². The molecule has 106 valence electrons. The van der Waals surface area contributed by atoms with E-state index >= 15 is 0 Å². The highest BCUT2D eigenvalue weighted by Crippen LogP contribution is 2.31. The van der Waals surface area contributed by atoms with Crippen LogP contribution in [0.15, 0.2) is 24.3 Å². The van der Waals surface area contributed by atoms with Crippen molar-refractivity contribution >= 4 is 28.6 Å². The molecular weight excluding hydrogens is 351 g/mol. The molecule has 0 amide bonds. The molecule has 0 heterocycles. The van der Waals surface area contributed by atoms with Crippen LogP contribution in [0.5, 0.6) is 0 Å². The van der Waals surface area contributed by atoms with Crippen LogP contribution >= 0.6 is 22.6 Å². The van der Waals surface area contributed by atoms with E-state index in [-0.39, 0.29) is 11.8 Å². The predicted octanol–water partition coefficient (Wildman–Crippen LogP) is 5.07. The maximum atomic E-state index is 11.6. The molecule has 0 aromatic heterocycles. The summed E-state index contributed by atoms with van der Waals surface area (Å²) >= 11 is 2.23. The van der Waals surface area contributed by atoms with Crippen molar-refractivity contribution in [3.8, 4) is 0 Å². The van der Waals surface area contributed by atoms with Crippen LogP contribution in [0.25, 0.3) is 0 Å². The predicted molar refractivity (Wildman–Crippen MR) is 87.5 cm³/mol. The molecule has 0 bridgehead atoms. The standard InChI is InChI=1S/C16H23IO2/c1-3-4-5-6-9-12(2)15(16(18)19)13-10-7-8-11-14(13)17/h7-8,10-12,15H,3-6,9H2,1-2H3,(H,18,19).